The molecule has 0 radical (unpaired) electrons. The maximum Gasteiger partial charge on any atom is 0.263 e. The number of aryl methyl sites for hydroxylation is 1. The Morgan fingerprint density at radius 2 is 2.04 bits per heavy atom. The molecule has 2 atom stereocenters. The summed E-state index contributed by atoms with van der Waals surface area (Å²) >= 11 is 1.75. The zero-order valence-electron chi connectivity index (χ0n) is 15.9. The van der Waals surface area contributed by atoms with Crippen LogP contribution in [-0.2, 0) is 12.8 Å². The number of hydrogen-bond donors (Lipinski definition) is 0. The molecule has 1 saturated heterocycles. The van der Waals surface area contributed by atoms with Crippen LogP contribution >= 0.6 is 11.3 Å². The molecular formula is C20H32N2OS. The van der Waals surface area contributed by atoms with Crippen LogP contribution < -0.4 is 0 Å². The zero-order chi connectivity index (χ0) is 17.5. The standard InChI is InChI=1S/C20H32N2OS/c1-20(2,3)15-8-9-17-14(11-15)12-18(24-17)19(23)22-10-6-7-16(13-22)21(4)5/h12,15-16H,6-11,13H2,1-5H3. The second-order valence-electron chi connectivity index (χ2n) is 8.88. The Morgan fingerprint density at radius 3 is 2.71 bits per heavy atom. The Hall–Kier alpha value is -0.870. The van der Waals surface area contributed by atoms with E-state index >= 15 is 0 Å². The van der Waals surface area contributed by atoms with Gasteiger partial charge in [0.05, 0.1) is 4.88 Å². The fourth-order valence-electron chi connectivity index (χ4n) is 4.08. The van der Waals surface area contributed by atoms with Crippen LogP contribution in [0.15, 0.2) is 6.07 Å². The van der Waals surface area contributed by atoms with E-state index in [1.54, 1.807) is 11.3 Å². The molecule has 24 heavy (non-hydrogen) atoms. The molecule has 0 aromatic carbocycles. The van der Waals surface area contributed by atoms with Crippen molar-refractivity contribution in [2.45, 2.75) is 58.9 Å². The average molecular weight is 349 g/mol. The van der Waals surface area contributed by atoms with Gasteiger partial charge in [0.1, 0.15) is 0 Å². The molecule has 0 saturated carbocycles. The van der Waals surface area contributed by atoms with Crippen LogP contribution in [0.2, 0.25) is 0 Å². The number of hydrogen-bond acceptors (Lipinski definition) is 3. The molecule has 1 aromatic rings. The number of nitrogens with zero attached hydrogens (tertiary/aromatic N) is 2. The van der Waals surface area contributed by atoms with Gasteiger partial charge in [-0.1, -0.05) is 20.8 Å². The van der Waals surface area contributed by atoms with Gasteiger partial charge in [-0.3, -0.25) is 4.79 Å². The summed E-state index contributed by atoms with van der Waals surface area (Å²) in [7, 11) is 4.24. The molecule has 2 aliphatic rings. The monoisotopic (exact) mass is 348 g/mol. The number of piperidine rings is 1. The molecule has 0 N–H and O–H groups in total. The first-order valence-corrected chi connectivity index (χ1v) is 10.1. The minimum atomic E-state index is 0.258. The highest BCUT2D eigenvalue weighted by Crippen LogP contribution is 2.40. The largest absolute Gasteiger partial charge is 0.336 e. The first-order chi connectivity index (χ1) is 11.3. The predicted octanol–water partition coefficient (Wildman–Crippen LogP) is 4.07. The highest BCUT2D eigenvalue weighted by Gasteiger charge is 2.32. The van der Waals surface area contributed by atoms with Gasteiger partial charge >= 0.3 is 0 Å². The van der Waals surface area contributed by atoms with Gasteiger partial charge in [0, 0.05) is 24.0 Å². The van der Waals surface area contributed by atoms with E-state index < -0.39 is 0 Å². The SMILES string of the molecule is CN(C)C1CCCN(C(=O)c2cc3c(s2)CCC(C(C)(C)C)C3)C1. The normalized spacial score (nSPS) is 25.0. The lowest BCUT2D eigenvalue weighted by molar-refractivity contribution is 0.0640. The third-order valence-electron chi connectivity index (χ3n) is 5.93. The Balaban J connectivity index is 1.72. The molecule has 134 valence electrons. The molecular weight excluding hydrogens is 316 g/mol. The molecule has 3 rings (SSSR count). The summed E-state index contributed by atoms with van der Waals surface area (Å²) in [4.78, 5) is 19.7. The van der Waals surface area contributed by atoms with Gasteiger partial charge in [-0.05, 0) is 69.2 Å². The lowest BCUT2D eigenvalue weighted by Crippen LogP contribution is -2.47. The molecule has 2 heterocycles. The summed E-state index contributed by atoms with van der Waals surface area (Å²) in [5, 5.41) is 0. The van der Waals surface area contributed by atoms with E-state index in [0.29, 0.717) is 11.5 Å². The summed E-state index contributed by atoms with van der Waals surface area (Å²) in [6.45, 7) is 8.82. The number of fused-ring (bicyclic) bond motifs is 1. The van der Waals surface area contributed by atoms with E-state index in [0.717, 1.165) is 43.1 Å². The van der Waals surface area contributed by atoms with Gasteiger partial charge < -0.3 is 9.80 Å². The topological polar surface area (TPSA) is 23.6 Å². The summed E-state index contributed by atoms with van der Waals surface area (Å²) in [6.07, 6.45) is 5.87. The van der Waals surface area contributed by atoms with Crippen molar-refractivity contribution < 1.29 is 4.79 Å². The summed E-state index contributed by atoms with van der Waals surface area (Å²) in [5.74, 6) is 0.990. The van der Waals surface area contributed by atoms with Crippen LogP contribution in [0.5, 0.6) is 0 Å². The van der Waals surface area contributed by atoms with Crippen LogP contribution in [0.4, 0.5) is 0 Å². The average Bonchev–Trinajstić information content (AvgIpc) is 2.96. The van der Waals surface area contributed by atoms with E-state index in [1.165, 1.54) is 23.3 Å². The van der Waals surface area contributed by atoms with Crippen molar-refractivity contribution in [3.8, 4) is 0 Å². The molecule has 2 unspecified atom stereocenters. The lowest BCUT2D eigenvalue weighted by Gasteiger charge is -2.35. The molecule has 1 aromatic heterocycles. The van der Waals surface area contributed by atoms with E-state index in [1.807, 2.05) is 0 Å². The number of carbonyl (C=O) groups is 1. The number of thiophene rings is 1. The molecule has 3 nitrogen and oxygen atoms in total. The second kappa shape index (κ2) is 6.80. The van der Waals surface area contributed by atoms with Crippen molar-refractivity contribution in [2.75, 3.05) is 27.2 Å². The van der Waals surface area contributed by atoms with Crippen LogP contribution in [-0.4, -0.2) is 48.9 Å². The van der Waals surface area contributed by atoms with E-state index in [-0.39, 0.29) is 5.91 Å². The molecule has 0 spiro atoms. The highest BCUT2D eigenvalue weighted by atomic mass is 32.1. The first-order valence-electron chi connectivity index (χ1n) is 9.33. The third-order valence-corrected chi connectivity index (χ3v) is 7.16. The van der Waals surface area contributed by atoms with E-state index in [2.05, 4.69) is 50.7 Å². The van der Waals surface area contributed by atoms with Crippen molar-refractivity contribution in [2.24, 2.45) is 11.3 Å². The van der Waals surface area contributed by atoms with Crippen molar-refractivity contribution >= 4 is 17.2 Å². The number of rotatable bonds is 2. The van der Waals surface area contributed by atoms with Gasteiger partial charge in [-0.25, -0.2) is 0 Å². The molecule has 1 amide bonds. The minimum Gasteiger partial charge on any atom is -0.336 e. The van der Waals surface area contributed by atoms with Gasteiger partial charge in [-0.15, -0.1) is 11.3 Å². The smallest absolute Gasteiger partial charge is 0.263 e. The van der Waals surface area contributed by atoms with Crippen LogP contribution in [0.3, 0.4) is 0 Å². The zero-order valence-corrected chi connectivity index (χ0v) is 16.7. The van der Waals surface area contributed by atoms with Crippen LogP contribution in [0, 0.1) is 11.3 Å². The summed E-state index contributed by atoms with van der Waals surface area (Å²) < 4.78 is 0. The Kier molecular flexibility index (Phi) is 5.08. The van der Waals surface area contributed by atoms with Crippen molar-refractivity contribution in [1.29, 1.82) is 0 Å². The van der Waals surface area contributed by atoms with Crippen molar-refractivity contribution in [3.05, 3.63) is 21.4 Å². The number of likely N-dealkylation sites (tertiary alicyclic amines) is 1. The molecule has 1 aliphatic carbocycles. The Morgan fingerprint density at radius 1 is 1.29 bits per heavy atom. The fourth-order valence-corrected chi connectivity index (χ4v) is 5.26. The van der Waals surface area contributed by atoms with Crippen molar-refractivity contribution in [3.63, 3.8) is 0 Å². The fraction of sp³-hybridized carbons (Fsp3) is 0.750. The highest BCUT2D eigenvalue weighted by molar-refractivity contribution is 7.14. The van der Waals surface area contributed by atoms with Gasteiger partial charge in [0.2, 0.25) is 0 Å². The van der Waals surface area contributed by atoms with Crippen LogP contribution in [0.25, 0.3) is 0 Å². The molecule has 1 aliphatic heterocycles. The maximum atomic E-state index is 13.0. The number of amides is 1. The Labute approximate surface area is 151 Å². The molecule has 0 bridgehead atoms. The summed E-state index contributed by atoms with van der Waals surface area (Å²) in [6, 6.07) is 2.71. The van der Waals surface area contributed by atoms with Gasteiger partial charge in [0.15, 0.2) is 0 Å². The maximum absolute atomic E-state index is 13.0. The van der Waals surface area contributed by atoms with E-state index in [9.17, 15) is 4.79 Å². The molecule has 1 fully saturated rings. The second-order valence-corrected chi connectivity index (χ2v) is 10.0. The predicted molar refractivity (Wildman–Crippen MR) is 102 cm³/mol. The Bertz CT molecular complexity index is 599. The summed E-state index contributed by atoms with van der Waals surface area (Å²) in [5.41, 5.74) is 1.80. The quantitative estimate of drug-likeness (QED) is 0.804. The third kappa shape index (κ3) is 3.70. The van der Waals surface area contributed by atoms with E-state index in [4.69, 9.17) is 0 Å². The van der Waals surface area contributed by atoms with Gasteiger partial charge in [0.25, 0.3) is 5.91 Å². The first kappa shape index (κ1) is 17.9. The van der Waals surface area contributed by atoms with Crippen LogP contribution in [0.1, 0.15) is 60.1 Å². The molecule has 4 heteroatoms. The lowest BCUT2D eigenvalue weighted by atomic mass is 9.72. The number of carbonyl (C=O) groups excluding carboxylic acids is 1. The van der Waals surface area contributed by atoms with Crippen molar-refractivity contribution in [1.82, 2.24) is 9.80 Å². The minimum absolute atomic E-state index is 0.258. The number of likely N-dealkylation sites (N-methyl/N-ethyl adjacent to an activating group) is 1. The van der Waals surface area contributed by atoms with Gasteiger partial charge in [-0.2, -0.15) is 0 Å².